The van der Waals surface area contributed by atoms with Crippen LogP contribution in [0.15, 0.2) is 4.99 Å². The molecule has 22 heavy (non-hydrogen) atoms. The van der Waals surface area contributed by atoms with Crippen LogP contribution in [0.4, 0.5) is 0 Å². The number of guanidine groups is 1. The molecule has 0 radical (unpaired) electrons. The van der Waals surface area contributed by atoms with Crippen LogP contribution in [-0.2, 0) is 0 Å². The number of likely N-dealkylation sites (tertiary alicyclic amines) is 2. The van der Waals surface area contributed by atoms with Crippen molar-refractivity contribution < 1.29 is 5.11 Å². The topological polar surface area (TPSA) is 51.1 Å². The minimum Gasteiger partial charge on any atom is -0.388 e. The number of nitrogens with zero attached hydrogens (tertiary/aromatic N) is 3. The van der Waals surface area contributed by atoms with Crippen molar-refractivity contribution in [3.05, 3.63) is 0 Å². The van der Waals surface area contributed by atoms with Gasteiger partial charge in [-0.25, -0.2) is 0 Å². The van der Waals surface area contributed by atoms with Gasteiger partial charge in [0, 0.05) is 33.2 Å². The summed E-state index contributed by atoms with van der Waals surface area (Å²) < 4.78 is 0. The van der Waals surface area contributed by atoms with E-state index in [1.807, 2.05) is 7.05 Å². The maximum atomic E-state index is 10.2. The lowest BCUT2D eigenvalue weighted by molar-refractivity contribution is -0.0282. The summed E-state index contributed by atoms with van der Waals surface area (Å²) in [6, 6.07) is 0. The first-order chi connectivity index (χ1) is 10.7. The zero-order valence-corrected chi connectivity index (χ0v) is 14.1. The molecule has 0 aromatic heterocycles. The molecule has 2 saturated heterocycles. The Morgan fingerprint density at radius 1 is 1.18 bits per heavy atom. The minimum atomic E-state index is -0.483. The van der Waals surface area contributed by atoms with Gasteiger partial charge in [0.25, 0.3) is 0 Å². The first-order valence-corrected chi connectivity index (χ1v) is 9.09. The van der Waals surface area contributed by atoms with Gasteiger partial charge in [0.1, 0.15) is 0 Å². The summed E-state index contributed by atoms with van der Waals surface area (Å²) in [5, 5.41) is 13.6. The number of hydrogen-bond acceptors (Lipinski definition) is 3. The Morgan fingerprint density at radius 2 is 1.95 bits per heavy atom. The maximum Gasteiger partial charge on any atom is 0.193 e. The van der Waals surface area contributed by atoms with Crippen molar-refractivity contribution in [2.24, 2.45) is 10.9 Å². The van der Waals surface area contributed by atoms with Crippen molar-refractivity contribution in [1.82, 2.24) is 15.1 Å². The molecule has 1 unspecified atom stereocenters. The normalized spacial score (nSPS) is 29.5. The molecule has 2 N–H and O–H groups in total. The number of hydrogen-bond donors (Lipinski definition) is 2. The predicted molar refractivity (Wildman–Crippen MR) is 90.1 cm³/mol. The van der Waals surface area contributed by atoms with Crippen LogP contribution in [0.25, 0.3) is 0 Å². The third-order valence-corrected chi connectivity index (χ3v) is 5.62. The second-order valence-electron chi connectivity index (χ2n) is 7.44. The number of piperidine rings is 1. The van der Waals surface area contributed by atoms with E-state index in [0.29, 0.717) is 6.54 Å². The van der Waals surface area contributed by atoms with Gasteiger partial charge in [-0.3, -0.25) is 4.99 Å². The minimum absolute atomic E-state index is 0.483. The lowest BCUT2D eigenvalue weighted by Crippen LogP contribution is -2.51. The fraction of sp³-hybridized carbons (Fsp3) is 0.941. The molecule has 1 atom stereocenters. The second-order valence-corrected chi connectivity index (χ2v) is 7.44. The molecular formula is C17H32N4O. The molecule has 3 rings (SSSR count). The van der Waals surface area contributed by atoms with Crippen LogP contribution < -0.4 is 5.32 Å². The largest absolute Gasteiger partial charge is 0.388 e. The lowest BCUT2D eigenvalue weighted by atomic mass is 9.80. The van der Waals surface area contributed by atoms with Crippen LogP contribution in [0.3, 0.4) is 0 Å². The molecule has 3 fully saturated rings. The molecule has 2 aliphatic heterocycles. The highest BCUT2D eigenvalue weighted by molar-refractivity contribution is 5.80. The summed E-state index contributed by atoms with van der Waals surface area (Å²) in [5.41, 5.74) is -0.483. The van der Waals surface area contributed by atoms with Crippen LogP contribution in [0.2, 0.25) is 0 Å². The smallest absolute Gasteiger partial charge is 0.193 e. The SMILES string of the molecule is CN=C(NCC1(O)CCC1)N1CCC(CN2CCCCC2)C1. The van der Waals surface area contributed by atoms with Gasteiger partial charge in [-0.2, -0.15) is 0 Å². The number of aliphatic hydroxyl groups is 1. The van der Waals surface area contributed by atoms with Gasteiger partial charge in [0.2, 0.25) is 0 Å². The van der Waals surface area contributed by atoms with E-state index in [9.17, 15) is 5.11 Å². The number of nitrogens with one attached hydrogen (secondary N) is 1. The molecular weight excluding hydrogens is 276 g/mol. The van der Waals surface area contributed by atoms with Crippen molar-refractivity contribution in [2.45, 2.75) is 50.5 Å². The molecule has 5 heteroatoms. The summed E-state index contributed by atoms with van der Waals surface area (Å²) >= 11 is 0. The Morgan fingerprint density at radius 3 is 2.59 bits per heavy atom. The average Bonchev–Trinajstić information content (AvgIpc) is 2.95. The van der Waals surface area contributed by atoms with Crippen LogP contribution in [-0.4, -0.2) is 72.8 Å². The van der Waals surface area contributed by atoms with Crippen molar-refractivity contribution >= 4 is 5.96 Å². The van der Waals surface area contributed by atoms with Crippen molar-refractivity contribution in [3.63, 3.8) is 0 Å². The Labute approximate surface area is 134 Å². The quantitative estimate of drug-likeness (QED) is 0.607. The molecule has 1 saturated carbocycles. The third-order valence-electron chi connectivity index (χ3n) is 5.62. The summed E-state index contributed by atoms with van der Waals surface area (Å²) in [7, 11) is 1.85. The summed E-state index contributed by atoms with van der Waals surface area (Å²) in [4.78, 5) is 9.43. The van der Waals surface area contributed by atoms with E-state index in [1.54, 1.807) is 0 Å². The Hall–Kier alpha value is -0.810. The van der Waals surface area contributed by atoms with E-state index in [1.165, 1.54) is 45.3 Å². The Kier molecular flexibility index (Phi) is 5.24. The van der Waals surface area contributed by atoms with E-state index >= 15 is 0 Å². The third kappa shape index (κ3) is 3.93. The van der Waals surface area contributed by atoms with E-state index in [0.717, 1.165) is 44.2 Å². The van der Waals surface area contributed by atoms with Gasteiger partial charge in [-0.1, -0.05) is 6.42 Å². The number of aliphatic imine (C=N–C) groups is 1. The molecule has 0 aromatic rings. The molecule has 0 aromatic carbocycles. The maximum absolute atomic E-state index is 10.2. The van der Waals surface area contributed by atoms with Crippen LogP contribution in [0.1, 0.15) is 44.9 Å². The van der Waals surface area contributed by atoms with Crippen molar-refractivity contribution in [3.8, 4) is 0 Å². The van der Waals surface area contributed by atoms with Gasteiger partial charge >= 0.3 is 0 Å². The summed E-state index contributed by atoms with van der Waals surface area (Å²) in [5.74, 6) is 1.74. The second kappa shape index (κ2) is 7.18. The first-order valence-electron chi connectivity index (χ1n) is 9.09. The average molecular weight is 308 g/mol. The van der Waals surface area contributed by atoms with Gasteiger partial charge in [-0.05, 0) is 57.5 Å². The van der Waals surface area contributed by atoms with Crippen LogP contribution in [0.5, 0.6) is 0 Å². The molecule has 1 aliphatic carbocycles. The van der Waals surface area contributed by atoms with Crippen LogP contribution in [0, 0.1) is 5.92 Å². The highest BCUT2D eigenvalue weighted by atomic mass is 16.3. The summed E-state index contributed by atoms with van der Waals surface area (Å²) in [6.07, 6.45) is 8.42. The number of rotatable bonds is 4. The van der Waals surface area contributed by atoms with Gasteiger partial charge in [0.15, 0.2) is 5.96 Å². The highest BCUT2D eigenvalue weighted by Gasteiger charge is 2.35. The van der Waals surface area contributed by atoms with E-state index in [4.69, 9.17) is 0 Å². The molecule has 0 bridgehead atoms. The van der Waals surface area contributed by atoms with Crippen LogP contribution >= 0.6 is 0 Å². The van der Waals surface area contributed by atoms with Gasteiger partial charge in [0.05, 0.1) is 5.60 Å². The van der Waals surface area contributed by atoms with E-state index in [2.05, 4.69) is 20.1 Å². The Bertz CT molecular complexity index is 388. The fourth-order valence-corrected chi connectivity index (χ4v) is 4.02. The molecule has 126 valence electrons. The lowest BCUT2D eigenvalue weighted by Gasteiger charge is -2.37. The molecule has 5 nitrogen and oxygen atoms in total. The van der Waals surface area contributed by atoms with E-state index in [-0.39, 0.29) is 0 Å². The summed E-state index contributed by atoms with van der Waals surface area (Å²) in [6.45, 7) is 6.67. The zero-order valence-electron chi connectivity index (χ0n) is 14.1. The first kappa shape index (κ1) is 16.1. The van der Waals surface area contributed by atoms with Gasteiger partial charge < -0.3 is 20.2 Å². The van der Waals surface area contributed by atoms with Gasteiger partial charge in [-0.15, -0.1) is 0 Å². The molecule has 0 amide bonds. The van der Waals surface area contributed by atoms with Crippen molar-refractivity contribution in [2.75, 3.05) is 46.3 Å². The molecule has 2 heterocycles. The van der Waals surface area contributed by atoms with E-state index < -0.39 is 5.60 Å². The molecule has 3 aliphatic rings. The Balaban J connectivity index is 1.43. The highest BCUT2D eigenvalue weighted by Crippen LogP contribution is 2.30. The zero-order chi connectivity index (χ0) is 15.4. The molecule has 0 spiro atoms. The monoisotopic (exact) mass is 308 g/mol. The predicted octanol–water partition coefficient (Wildman–Crippen LogP) is 1.28. The van der Waals surface area contributed by atoms with Crippen molar-refractivity contribution in [1.29, 1.82) is 0 Å². The fourth-order valence-electron chi connectivity index (χ4n) is 4.02. The standard InChI is InChI=1S/C17H32N4O/c1-18-16(19-14-17(22)7-5-8-17)21-11-6-15(13-21)12-20-9-3-2-4-10-20/h15,22H,2-14H2,1H3,(H,18,19).